The van der Waals surface area contributed by atoms with Gasteiger partial charge < -0.3 is 15.0 Å². The number of morpholine rings is 1. The fourth-order valence-electron chi connectivity index (χ4n) is 5.22. The Morgan fingerprint density at radius 3 is 2.53 bits per heavy atom. The van der Waals surface area contributed by atoms with Crippen LogP contribution in [0.15, 0.2) is 30.5 Å². The summed E-state index contributed by atoms with van der Waals surface area (Å²) in [5.41, 5.74) is -0.157. The van der Waals surface area contributed by atoms with Crippen LogP contribution in [0.5, 0.6) is 0 Å². The molecular weight excluding hydrogens is 523 g/mol. The zero-order valence-corrected chi connectivity index (χ0v) is 21.5. The summed E-state index contributed by atoms with van der Waals surface area (Å²) in [6, 6.07) is 5.21. The van der Waals surface area contributed by atoms with Gasteiger partial charge in [-0.3, -0.25) is 4.90 Å². The molecule has 2 aromatic heterocycles. The SMILES string of the molecule is CS(=O)(=O)[C@H]1C[C@@H](Nc2nc(N3CC(N4CCOCC4)C3)c3cnn(-c4cccc(C(F)(F)F)c4)c3n2)C1. The monoisotopic (exact) mass is 551 g/mol. The molecule has 0 radical (unpaired) electrons. The molecule has 2 aliphatic heterocycles. The maximum absolute atomic E-state index is 13.4. The largest absolute Gasteiger partial charge is 0.416 e. The van der Waals surface area contributed by atoms with Gasteiger partial charge in [-0.15, -0.1) is 0 Å². The first-order valence-corrected chi connectivity index (χ1v) is 14.5. The highest BCUT2D eigenvalue weighted by atomic mass is 32.2. The molecular formula is C24H28F3N7O3S. The van der Waals surface area contributed by atoms with Gasteiger partial charge in [0.1, 0.15) is 15.7 Å². The molecule has 14 heteroatoms. The maximum Gasteiger partial charge on any atom is 0.416 e. The van der Waals surface area contributed by atoms with E-state index in [2.05, 4.69) is 25.2 Å². The number of hydrogen-bond donors (Lipinski definition) is 1. The number of nitrogens with one attached hydrogen (secondary N) is 1. The van der Waals surface area contributed by atoms with E-state index < -0.39 is 26.8 Å². The molecule has 1 N–H and O–H groups in total. The van der Waals surface area contributed by atoms with Gasteiger partial charge in [0.2, 0.25) is 5.95 Å². The van der Waals surface area contributed by atoms with Crippen LogP contribution in [0, 0.1) is 0 Å². The summed E-state index contributed by atoms with van der Waals surface area (Å²) in [6.07, 6.45) is -0.772. The van der Waals surface area contributed by atoms with E-state index in [0.717, 1.165) is 38.3 Å². The number of halogens is 3. The van der Waals surface area contributed by atoms with E-state index in [1.165, 1.54) is 17.0 Å². The average molecular weight is 552 g/mol. The van der Waals surface area contributed by atoms with E-state index in [4.69, 9.17) is 9.72 Å². The molecule has 2 saturated heterocycles. The predicted octanol–water partition coefficient (Wildman–Crippen LogP) is 2.34. The summed E-state index contributed by atoms with van der Waals surface area (Å²) in [5, 5.41) is 7.85. The first-order chi connectivity index (χ1) is 18.1. The second-order valence-electron chi connectivity index (χ2n) is 10.2. The van der Waals surface area contributed by atoms with Crippen molar-refractivity contribution in [1.82, 2.24) is 24.6 Å². The predicted molar refractivity (Wildman–Crippen MR) is 135 cm³/mol. The van der Waals surface area contributed by atoms with Crippen LogP contribution in [0.2, 0.25) is 0 Å². The molecule has 10 nitrogen and oxygen atoms in total. The molecule has 0 spiro atoms. The van der Waals surface area contributed by atoms with Gasteiger partial charge in [0.25, 0.3) is 0 Å². The molecule has 3 aliphatic rings. The molecule has 3 fully saturated rings. The highest BCUT2D eigenvalue weighted by molar-refractivity contribution is 7.91. The summed E-state index contributed by atoms with van der Waals surface area (Å²) < 4.78 is 70.6. The smallest absolute Gasteiger partial charge is 0.379 e. The molecule has 0 unspecified atom stereocenters. The third kappa shape index (κ3) is 4.80. The molecule has 1 saturated carbocycles. The third-order valence-electron chi connectivity index (χ3n) is 7.58. The van der Waals surface area contributed by atoms with E-state index in [1.54, 1.807) is 12.3 Å². The second kappa shape index (κ2) is 9.35. The molecule has 4 heterocycles. The van der Waals surface area contributed by atoms with Crippen molar-refractivity contribution in [3.05, 3.63) is 36.0 Å². The molecule has 204 valence electrons. The van der Waals surface area contributed by atoms with Crippen molar-refractivity contribution in [3.8, 4) is 5.69 Å². The van der Waals surface area contributed by atoms with Crippen LogP contribution in [0.4, 0.5) is 24.9 Å². The number of sulfone groups is 1. The lowest BCUT2D eigenvalue weighted by atomic mass is 9.92. The fraction of sp³-hybridized carbons (Fsp3) is 0.542. The normalized spacial score (nSPS) is 23.3. The number of alkyl halides is 3. The van der Waals surface area contributed by atoms with Crippen LogP contribution >= 0.6 is 0 Å². The van der Waals surface area contributed by atoms with Gasteiger partial charge in [0.15, 0.2) is 5.65 Å². The van der Waals surface area contributed by atoms with Crippen LogP contribution in [0.1, 0.15) is 18.4 Å². The van der Waals surface area contributed by atoms with Crippen LogP contribution in [0.3, 0.4) is 0 Å². The first-order valence-electron chi connectivity index (χ1n) is 12.5. The van der Waals surface area contributed by atoms with Crippen molar-refractivity contribution in [2.75, 3.05) is 55.9 Å². The van der Waals surface area contributed by atoms with Crippen molar-refractivity contribution < 1.29 is 26.3 Å². The van der Waals surface area contributed by atoms with E-state index >= 15 is 0 Å². The van der Waals surface area contributed by atoms with Crippen LogP contribution in [-0.2, 0) is 20.8 Å². The Bertz CT molecular complexity index is 1440. The minimum atomic E-state index is -4.49. The van der Waals surface area contributed by atoms with Crippen molar-refractivity contribution in [2.45, 2.75) is 36.4 Å². The Morgan fingerprint density at radius 1 is 1.11 bits per heavy atom. The van der Waals surface area contributed by atoms with Crippen LogP contribution in [-0.4, -0.2) is 96.0 Å². The first kappa shape index (κ1) is 25.3. The van der Waals surface area contributed by atoms with Gasteiger partial charge >= 0.3 is 6.18 Å². The Hall–Kier alpha value is -2.97. The van der Waals surface area contributed by atoms with Gasteiger partial charge in [0.05, 0.1) is 41.3 Å². The van der Waals surface area contributed by atoms with Gasteiger partial charge in [-0.25, -0.2) is 13.1 Å². The Labute approximate surface area is 217 Å². The van der Waals surface area contributed by atoms with Crippen molar-refractivity contribution in [3.63, 3.8) is 0 Å². The highest BCUT2D eigenvalue weighted by Gasteiger charge is 2.38. The molecule has 6 rings (SSSR count). The van der Waals surface area contributed by atoms with Crippen molar-refractivity contribution in [2.24, 2.45) is 0 Å². The van der Waals surface area contributed by atoms with E-state index in [1.807, 2.05) is 0 Å². The summed E-state index contributed by atoms with van der Waals surface area (Å²) >= 11 is 0. The number of aromatic nitrogens is 4. The average Bonchev–Trinajstić information content (AvgIpc) is 3.24. The zero-order valence-electron chi connectivity index (χ0n) is 20.7. The summed E-state index contributed by atoms with van der Waals surface area (Å²) in [5.74, 6) is 0.951. The number of benzene rings is 1. The molecule has 1 aromatic carbocycles. The molecule has 1 aliphatic carbocycles. The lowest BCUT2D eigenvalue weighted by molar-refractivity contribution is -0.137. The topological polar surface area (TPSA) is 105 Å². The zero-order chi connectivity index (χ0) is 26.7. The van der Waals surface area contributed by atoms with Crippen LogP contribution in [0.25, 0.3) is 16.7 Å². The molecule has 3 aromatic rings. The number of ether oxygens (including phenoxy) is 1. The van der Waals surface area contributed by atoms with Crippen molar-refractivity contribution in [1.29, 1.82) is 0 Å². The second-order valence-corrected chi connectivity index (χ2v) is 12.5. The summed E-state index contributed by atoms with van der Waals surface area (Å²) in [7, 11) is -3.12. The van der Waals surface area contributed by atoms with E-state index in [9.17, 15) is 21.6 Å². The Morgan fingerprint density at radius 2 is 1.84 bits per heavy atom. The molecule has 0 atom stereocenters. The lowest BCUT2D eigenvalue weighted by Crippen LogP contribution is -2.61. The van der Waals surface area contributed by atoms with Crippen molar-refractivity contribution >= 4 is 32.6 Å². The van der Waals surface area contributed by atoms with E-state index in [-0.39, 0.29) is 11.7 Å². The fourth-order valence-corrected chi connectivity index (χ4v) is 6.38. The minimum absolute atomic E-state index is 0.109. The number of fused-ring (bicyclic) bond motifs is 1. The summed E-state index contributed by atoms with van der Waals surface area (Å²) in [4.78, 5) is 13.9. The quantitative estimate of drug-likeness (QED) is 0.494. The third-order valence-corrected chi connectivity index (χ3v) is 9.18. The molecule has 0 amide bonds. The Kier molecular flexibility index (Phi) is 6.23. The molecule has 0 bridgehead atoms. The minimum Gasteiger partial charge on any atom is -0.379 e. The van der Waals surface area contributed by atoms with Gasteiger partial charge in [-0.1, -0.05) is 6.07 Å². The van der Waals surface area contributed by atoms with E-state index in [0.29, 0.717) is 54.9 Å². The number of nitrogens with zero attached hydrogens (tertiary/aromatic N) is 6. The molecule has 38 heavy (non-hydrogen) atoms. The van der Waals surface area contributed by atoms with Gasteiger partial charge in [0, 0.05) is 44.5 Å². The number of rotatable bonds is 6. The summed E-state index contributed by atoms with van der Waals surface area (Å²) in [6.45, 7) is 4.67. The van der Waals surface area contributed by atoms with Gasteiger partial charge in [-0.2, -0.15) is 28.2 Å². The Balaban J connectivity index is 1.33. The van der Waals surface area contributed by atoms with Crippen LogP contribution < -0.4 is 10.2 Å². The standard InChI is InChI=1S/C24H28F3N7O3S/c1-38(35,36)19-10-16(11-19)29-23-30-21(33-13-18(14-33)32-5-7-37-8-6-32)20-12-28-34(22(20)31-23)17-4-2-3-15(9-17)24(25,26)27/h2-4,9,12,16,18-19H,5-8,10-11,13-14H2,1H3,(H,29,30,31)/t16-,19+. The lowest BCUT2D eigenvalue weighted by Gasteiger charge is -2.47. The van der Waals surface area contributed by atoms with Gasteiger partial charge in [-0.05, 0) is 31.0 Å². The highest BCUT2D eigenvalue weighted by Crippen LogP contribution is 2.35. The number of anilines is 2. The maximum atomic E-state index is 13.4. The number of hydrogen-bond acceptors (Lipinski definition) is 9.